The summed E-state index contributed by atoms with van der Waals surface area (Å²) in [6, 6.07) is 13.6. The van der Waals surface area contributed by atoms with Crippen molar-refractivity contribution in [3.63, 3.8) is 0 Å². The van der Waals surface area contributed by atoms with E-state index in [9.17, 15) is 0 Å². The van der Waals surface area contributed by atoms with Crippen molar-refractivity contribution in [2.45, 2.75) is 25.6 Å². The summed E-state index contributed by atoms with van der Waals surface area (Å²) in [6.45, 7) is 4.29. The molecule has 0 bridgehead atoms. The molecule has 1 aliphatic rings. The van der Waals surface area contributed by atoms with E-state index in [1.165, 1.54) is 32.4 Å². The Morgan fingerprint density at radius 3 is 2.60 bits per heavy atom. The first-order valence-electron chi connectivity index (χ1n) is 6.84. The molecule has 0 spiro atoms. The number of anilines is 1. The minimum Gasteiger partial charge on any atom is -0.377 e. The molecule has 2 aromatic carbocycles. The van der Waals surface area contributed by atoms with Crippen molar-refractivity contribution in [1.82, 2.24) is 0 Å². The van der Waals surface area contributed by atoms with Gasteiger partial charge in [-0.05, 0) is 48.2 Å². The minimum atomic E-state index is 0.407. The molecule has 0 amide bonds. The minimum absolute atomic E-state index is 0.407. The molecule has 0 saturated carbocycles. The van der Waals surface area contributed by atoms with Gasteiger partial charge in [0.2, 0.25) is 0 Å². The number of rotatable bonds is 2. The summed E-state index contributed by atoms with van der Waals surface area (Å²) in [4.78, 5) is 0. The van der Waals surface area contributed by atoms with Crippen LogP contribution in [-0.2, 0) is 5.75 Å². The van der Waals surface area contributed by atoms with Crippen molar-refractivity contribution in [3.8, 4) is 0 Å². The predicted molar refractivity (Wildman–Crippen MR) is 92.6 cm³/mol. The molecular weight excluding hydrogens is 330 g/mol. The standard InChI is InChI=1S/C17H18BrNS/c1-11-7-14(8-12(2)17(11)18)19-16-10-20-9-13-5-3-4-6-15(13)16/h3-8,16,19H,9-10H2,1-2H3. The zero-order chi connectivity index (χ0) is 14.1. The first-order chi connectivity index (χ1) is 9.65. The van der Waals surface area contributed by atoms with Crippen molar-refractivity contribution in [2.75, 3.05) is 11.1 Å². The van der Waals surface area contributed by atoms with Gasteiger partial charge in [-0.25, -0.2) is 0 Å². The Morgan fingerprint density at radius 2 is 1.85 bits per heavy atom. The van der Waals surface area contributed by atoms with E-state index in [4.69, 9.17) is 0 Å². The van der Waals surface area contributed by atoms with Crippen LogP contribution in [0.3, 0.4) is 0 Å². The molecule has 1 N–H and O–H groups in total. The molecule has 0 aliphatic carbocycles. The van der Waals surface area contributed by atoms with E-state index in [-0.39, 0.29) is 0 Å². The number of benzene rings is 2. The maximum atomic E-state index is 3.70. The fourth-order valence-electron chi connectivity index (χ4n) is 2.73. The number of hydrogen-bond donors (Lipinski definition) is 1. The summed E-state index contributed by atoms with van der Waals surface area (Å²) in [5, 5.41) is 3.70. The summed E-state index contributed by atoms with van der Waals surface area (Å²) in [5.41, 5.74) is 6.69. The van der Waals surface area contributed by atoms with Crippen LogP contribution in [0.2, 0.25) is 0 Å². The van der Waals surface area contributed by atoms with Crippen LogP contribution in [0.5, 0.6) is 0 Å². The van der Waals surface area contributed by atoms with Gasteiger partial charge in [0.15, 0.2) is 0 Å². The molecule has 1 nitrogen and oxygen atoms in total. The largest absolute Gasteiger partial charge is 0.377 e. The third-order valence-corrected chi connectivity index (χ3v) is 6.08. The molecule has 0 radical (unpaired) electrons. The molecule has 3 heteroatoms. The number of nitrogens with one attached hydrogen (secondary N) is 1. The number of hydrogen-bond acceptors (Lipinski definition) is 2. The second-order valence-electron chi connectivity index (χ2n) is 5.33. The Hall–Kier alpha value is -0.930. The first-order valence-corrected chi connectivity index (χ1v) is 8.79. The van der Waals surface area contributed by atoms with Gasteiger partial charge in [0.1, 0.15) is 0 Å². The van der Waals surface area contributed by atoms with Crippen LogP contribution in [-0.4, -0.2) is 5.75 Å². The van der Waals surface area contributed by atoms with Crippen molar-refractivity contribution in [3.05, 3.63) is 63.1 Å². The van der Waals surface area contributed by atoms with Crippen molar-refractivity contribution in [2.24, 2.45) is 0 Å². The van der Waals surface area contributed by atoms with Gasteiger partial charge in [-0.1, -0.05) is 40.2 Å². The maximum absolute atomic E-state index is 3.70. The normalized spacial score (nSPS) is 17.6. The molecule has 1 atom stereocenters. The summed E-state index contributed by atoms with van der Waals surface area (Å²) in [7, 11) is 0. The quantitative estimate of drug-likeness (QED) is 0.773. The van der Waals surface area contributed by atoms with Crippen LogP contribution in [0.4, 0.5) is 5.69 Å². The fraction of sp³-hybridized carbons (Fsp3) is 0.294. The van der Waals surface area contributed by atoms with Gasteiger partial charge in [-0.2, -0.15) is 11.8 Å². The van der Waals surface area contributed by atoms with Gasteiger partial charge < -0.3 is 5.32 Å². The molecule has 0 fully saturated rings. The predicted octanol–water partition coefficient (Wildman–Crippen LogP) is 5.47. The van der Waals surface area contributed by atoms with Crippen LogP contribution in [0.25, 0.3) is 0 Å². The molecule has 20 heavy (non-hydrogen) atoms. The second-order valence-corrected chi connectivity index (χ2v) is 7.16. The van der Waals surface area contributed by atoms with E-state index in [0.29, 0.717) is 6.04 Å². The fourth-order valence-corrected chi connectivity index (χ4v) is 4.06. The number of fused-ring (bicyclic) bond motifs is 1. The molecule has 1 heterocycles. The zero-order valence-corrected chi connectivity index (χ0v) is 14.1. The van der Waals surface area contributed by atoms with Crippen LogP contribution < -0.4 is 5.32 Å². The molecule has 3 rings (SSSR count). The highest BCUT2D eigenvalue weighted by molar-refractivity contribution is 9.10. The van der Waals surface area contributed by atoms with Crippen LogP contribution in [0.1, 0.15) is 28.3 Å². The lowest BCUT2D eigenvalue weighted by Crippen LogP contribution is -2.18. The third kappa shape index (κ3) is 2.75. The smallest absolute Gasteiger partial charge is 0.0607 e. The summed E-state index contributed by atoms with van der Waals surface area (Å²) < 4.78 is 1.21. The number of halogens is 1. The Balaban J connectivity index is 1.89. The van der Waals surface area contributed by atoms with Crippen LogP contribution >= 0.6 is 27.7 Å². The SMILES string of the molecule is Cc1cc(NC2CSCc3ccccc32)cc(C)c1Br. The lowest BCUT2D eigenvalue weighted by molar-refractivity contribution is 0.870. The van der Waals surface area contributed by atoms with Gasteiger partial charge in [0.05, 0.1) is 6.04 Å². The summed E-state index contributed by atoms with van der Waals surface area (Å²) >= 11 is 5.64. The van der Waals surface area contributed by atoms with E-state index in [2.05, 4.69) is 71.5 Å². The topological polar surface area (TPSA) is 12.0 Å². The van der Waals surface area contributed by atoms with Gasteiger partial charge >= 0.3 is 0 Å². The Morgan fingerprint density at radius 1 is 1.15 bits per heavy atom. The molecule has 2 aromatic rings. The zero-order valence-electron chi connectivity index (χ0n) is 11.7. The molecule has 104 valence electrons. The van der Waals surface area contributed by atoms with Crippen molar-refractivity contribution < 1.29 is 0 Å². The van der Waals surface area contributed by atoms with E-state index in [1.54, 1.807) is 0 Å². The van der Waals surface area contributed by atoms with Crippen LogP contribution in [0.15, 0.2) is 40.9 Å². The van der Waals surface area contributed by atoms with Crippen LogP contribution in [0, 0.1) is 13.8 Å². The summed E-state index contributed by atoms with van der Waals surface area (Å²) in [5.74, 6) is 2.26. The van der Waals surface area contributed by atoms with E-state index < -0.39 is 0 Å². The van der Waals surface area contributed by atoms with Crippen molar-refractivity contribution in [1.29, 1.82) is 0 Å². The molecular formula is C17H18BrNS. The lowest BCUT2D eigenvalue weighted by atomic mass is 10.0. The second kappa shape index (κ2) is 5.82. The van der Waals surface area contributed by atoms with Gasteiger partial charge in [0, 0.05) is 21.7 Å². The number of thioether (sulfide) groups is 1. The Kier molecular flexibility index (Phi) is 4.08. The molecule has 0 saturated heterocycles. The maximum Gasteiger partial charge on any atom is 0.0607 e. The van der Waals surface area contributed by atoms with E-state index >= 15 is 0 Å². The van der Waals surface area contributed by atoms with Crippen molar-refractivity contribution >= 4 is 33.4 Å². The van der Waals surface area contributed by atoms with Gasteiger partial charge in [-0.15, -0.1) is 0 Å². The molecule has 1 aliphatic heterocycles. The highest BCUT2D eigenvalue weighted by Crippen LogP contribution is 2.35. The average Bonchev–Trinajstić information content (AvgIpc) is 2.45. The lowest BCUT2D eigenvalue weighted by Gasteiger charge is -2.27. The average molecular weight is 348 g/mol. The number of aryl methyl sites for hydroxylation is 2. The van der Waals surface area contributed by atoms with E-state index in [0.717, 1.165) is 11.5 Å². The van der Waals surface area contributed by atoms with Gasteiger partial charge in [0.25, 0.3) is 0 Å². The third-order valence-electron chi connectivity index (χ3n) is 3.75. The highest BCUT2D eigenvalue weighted by Gasteiger charge is 2.20. The Bertz CT molecular complexity index is 616. The monoisotopic (exact) mass is 347 g/mol. The highest BCUT2D eigenvalue weighted by atomic mass is 79.9. The molecule has 1 unspecified atom stereocenters. The molecule has 0 aromatic heterocycles. The first kappa shape index (κ1) is 14.0. The summed E-state index contributed by atoms with van der Waals surface area (Å²) in [6.07, 6.45) is 0. The van der Waals surface area contributed by atoms with Gasteiger partial charge in [-0.3, -0.25) is 0 Å². The van der Waals surface area contributed by atoms with E-state index in [1.807, 2.05) is 11.8 Å². The Labute approximate surface area is 133 Å².